The van der Waals surface area contributed by atoms with Gasteiger partial charge in [0, 0.05) is 22.0 Å². The molecule has 4 rings (SSSR count). The minimum absolute atomic E-state index is 0.0319. The third kappa shape index (κ3) is 2.01. The standard InChI is InChI=1S/C20H14ClNO4/c1-11-17(12(2)23)18(24)20(22(11)14-9-7-13(21)8-10-14)16-6-4-3-5-15(16)19(25)26-20/h3-10H,1-2H3. The maximum absolute atomic E-state index is 13.3. The predicted octanol–water partition coefficient (Wildman–Crippen LogP) is 3.62. The molecule has 2 aromatic rings. The number of hydrogen-bond acceptors (Lipinski definition) is 5. The second kappa shape index (κ2) is 5.54. The number of esters is 1. The zero-order chi connectivity index (χ0) is 18.6. The van der Waals surface area contributed by atoms with Gasteiger partial charge in [0.25, 0.3) is 5.72 Å². The summed E-state index contributed by atoms with van der Waals surface area (Å²) < 4.78 is 5.65. The maximum Gasteiger partial charge on any atom is 0.341 e. The van der Waals surface area contributed by atoms with E-state index in [1.807, 2.05) is 0 Å². The first-order valence-electron chi connectivity index (χ1n) is 8.03. The average Bonchev–Trinajstić information content (AvgIpc) is 3.02. The van der Waals surface area contributed by atoms with Gasteiger partial charge in [-0.25, -0.2) is 4.79 Å². The number of rotatable bonds is 2. The molecule has 1 spiro atoms. The van der Waals surface area contributed by atoms with Gasteiger partial charge in [0.1, 0.15) is 0 Å². The zero-order valence-electron chi connectivity index (χ0n) is 14.1. The van der Waals surface area contributed by atoms with Gasteiger partial charge in [0.2, 0.25) is 5.78 Å². The summed E-state index contributed by atoms with van der Waals surface area (Å²) in [5, 5.41) is 0.533. The fraction of sp³-hybridized carbons (Fsp3) is 0.150. The highest BCUT2D eigenvalue weighted by Gasteiger charge is 2.62. The molecule has 2 aliphatic heterocycles. The fourth-order valence-electron chi connectivity index (χ4n) is 3.70. The Morgan fingerprint density at radius 1 is 1.08 bits per heavy atom. The van der Waals surface area contributed by atoms with Gasteiger partial charge in [-0.2, -0.15) is 0 Å². The molecule has 1 unspecified atom stereocenters. The maximum atomic E-state index is 13.3. The number of anilines is 1. The zero-order valence-corrected chi connectivity index (χ0v) is 14.8. The normalized spacial score (nSPS) is 21.4. The van der Waals surface area contributed by atoms with Crippen molar-refractivity contribution in [3.63, 3.8) is 0 Å². The number of nitrogens with zero attached hydrogens (tertiary/aromatic N) is 1. The highest BCUT2D eigenvalue weighted by atomic mass is 35.5. The Bertz CT molecular complexity index is 1010. The van der Waals surface area contributed by atoms with Crippen LogP contribution in [0.3, 0.4) is 0 Å². The van der Waals surface area contributed by atoms with Gasteiger partial charge in [0.15, 0.2) is 5.78 Å². The van der Waals surface area contributed by atoms with Crippen molar-refractivity contribution in [1.82, 2.24) is 0 Å². The molecule has 0 radical (unpaired) electrons. The van der Waals surface area contributed by atoms with E-state index in [0.29, 0.717) is 27.5 Å². The van der Waals surface area contributed by atoms with Gasteiger partial charge < -0.3 is 4.74 Å². The molecular formula is C20H14ClNO4. The molecule has 0 saturated carbocycles. The van der Waals surface area contributed by atoms with Crippen LogP contribution < -0.4 is 4.90 Å². The highest BCUT2D eigenvalue weighted by Crippen LogP contribution is 2.50. The summed E-state index contributed by atoms with van der Waals surface area (Å²) in [5.41, 5.74) is 0.116. The first-order valence-corrected chi connectivity index (χ1v) is 8.41. The average molecular weight is 368 g/mol. The Hall–Kier alpha value is -2.92. The lowest BCUT2D eigenvalue weighted by Crippen LogP contribution is -2.47. The number of ether oxygens (including phenoxy) is 1. The van der Waals surface area contributed by atoms with Gasteiger partial charge in [0.05, 0.1) is 11.1 Å². The minimum Gasteiger partial charge on any atom is -0.422 e. The first-order chi connectivity index (χ1) is 12.4. The molecule has 0 aliphatic carbocycles. The van der Waals surface area contributed by atoms with Crippen LogP contribution in [0.5, 0.6) is 0 Å². The lowest BCUT2D eigenvalue weighted by molar-refractivity contribution is -0.133. The van der Waals surface area contributed by atoms with E-state index in [1.54, 1.807) is 60.4 Å². The van der Waals surface area contributed by atoms with E-state index < -0.39 is 17.5 Å². The summed E-state index contributed by atoms with van der Waals surface area (Å²) in [6, 6.07) is 13.5. The van der Waals surface area contributed by atoms with Crippen LogP contribution in [0.25, 0.3) is 0 Å². The second-order valence-electron chi connectivity index (χ2n) is 6.24. The highest BCUT2D eigenvalue weighted by molar-refractivity contribution is 6.31. The van der Waals surface area contributed by atoms with Gasteiger partial charge in [-0.05, 0) is 44.2 Å². The van der Waals surface area contributed by atoms with Crippen LogP contribution in [0, 0.1) is 0 Å². The molecular weight excluding hydrogens is 354 g/mol. The van der Waals surface area contributed by atoms with Crippen molar-refractivity contribution in [3.8, 4) is 0 Å². The molecule has 2 aliphatic rings. The SMILES string of the molecule is CC(=O)C1=C(C)N(c2ccc(Cl)cc2)C2(OC(=O)c3ccccc32)C1=O. The lowest BCUT2D eigenvalue weighted by Gasteiger charge is -2.35. The van der Waals surface area contributed by atoms with Crippen molar-refractivity contribution in [1.29, 1.82) is 0 Å². The molecule has 1 atom stereocenters. The van der Waals surface area contributed by atoms with Crippen LogP contribution >= 0.6 is 11.6 Å². The Morgan fingerprint density at radius 2 is 1.73 bits per heavy atom. The molecule has 0 bridgehead atoms. The van der Waals surface area contributed by atoms with Crippen LogP contribution in [0.1, 0.15) is 29.8 Å². The van der Waals surface area contributed by atoms with Crippen molar-refractivity contribution in [2.75, 3.05) is 4.90 Å². The molecule has 5 nitrogen and oxygen atoms in total. The Morgan fingerprint density at radius 3 is 2.38 bits per heavy atom. The molecule has 0 aromatic heterocycles. The molecule has 2 aromatic carbocycles. The number of Topliss-reactive ketones (excluding diaryl/α,β-unsaturated/α-hetero) is 2. The Balaban J connectivity index is 2.02. The molecule has 0 amide bonds. The number of ketones is 2. The van der Waals surface area contributed by atoms with Crippen molar-refractivity contribution < 1.29 is 19.1 Å². The summed E-state index contributed by atoms with van der Waals surface area (Å²) in [7, 11) is 0. The predicted molar refractivity (Wildman–Crippen MR) is 95.9 cm³/mol. The van der Waals surface area contributed by atoms with Gasteiger partial charge in [-0.15, -0.1) is 0 Å². The molecule has 6 heteroatoms. The quantitative estimate of drug-likeness (QED) is 0.599. The lowest BCUT2D eigenvalue weighted by atomic mass is 9.93. The molecule has 26 heavy (non-hydrogen) atoms. The van der Waals surface area contributed by atoms with Crippen LogP contribution in [0.2, 0.25) is 5.02 Å². The summed E-state index contributed by atoms with van der Waals surface area (Å²) in [5.74, 6) is -1.50. The van der Waals surface area contributed by atoms with Crippen molar-refractivity contribution in [3.05, 3.63) is 76.0 Å². The largest absolute Gasteiger partial charge is 0.422 e. The third-order valence-electron chi connectivity index (χ3n) is 4.74. The fourth-order valence-corrected chi connectivity index (χ4v) is 3.82. The summed E-state index contributed by atoms with van der Waals surface area (Å²) >= 11 is 5.98. The number of fused-ring (bicyclic) bond motifs is 2. The van der Waals surface area contributed by atoms with Crippen LogP contribution in [-0.2, 0) is 20.1 Å². The summed E-state index contributed by atoms with van der Waals surface area (Å²) in [4.78, 5) is 39.5. The topological polar surface area (TPSA) is 63.7 Å². The van der Waals surface area contributed by atoms with E-state index in [0.717, 1.165) is 0 Å². The minimum atomic E-state index is -1.70. The second-order valence-corrected chi connectivity index (χ2v) is 6.67. The van der Waals surface area contributed by atoms with Crippen molar-refractivity contribution >= 4 is 34.8 Å². The van der Waals surface area contributed by atoms with Gasteiger partial charge in [-0.3, -0.25) is 14.5 Å². The van der Waals surface area contributed by atoms with E-state index in [4.69, 9.17) is 16.3 Å². The molecule has 0 fully saturated rings. The monoisotopic (exact) mass is 367 g/mol. The third-order valence-corrected chi connectivity index (χ3v) is 4.99. The van der Waals surface area contributed by atoms with Gasteiger partial charge in [-0.1, -0.05) is 29.8 Å². The van der Waals surface area contributed by atoms with Crippen molar-refractivity contribution in [2.45, 2.75) is 19.6 Å². The number of benzene rings is 2. The smallest absolute Gasteiger partial charge is 0.341 e. The number of halogens is 1. The van der Waals surface area contributed by atoms with E-state index in [9.17, 15) is 14.4 Å². The summed E-state index contributed by atoms with van der Waals surface area (Å²) in [6.45, 7) is 3.01. The van der Waals surface area contributed by atoms with E-state index in [-0.39, 0.29) is 11.4 Å². The van der Waals surface area contributed by atoms with Crippen LogP contribution in [0.4, 0.5) is 5.69 Å². The Labute approximate surface area is 154 Å². The van der Waals surface area contributed by atoms with Crippen LogP contribution in [-0.4, -0.2) is 17.5 Å². The van der Waals surface area contributed by atoms with Gasteiger partial charge >= 0.3 is 5.97 Å². The number of hydrogen-bond donors (Lipinski definition) is 0. The molecule has 0 N–H and O–H groups in total. The Kier molecular flexibility index (Phi) is 3.53. The molecule has 2 heterocycles. The number of carbonyl (C=O) groups is 3. The first kappa shape index (κ1) is 16.5. The molecule has 0 saturated heterocycles. The number of allylic oxidation sites excluding steroid dienone is 1. The van der Waals surface area contributed by atoms with E-state index >= 15 is 0 Å². The van der Waals surface area contributed by atoms with E-state index in [1.165, 1.54) is 6.92 Å². The summed E-state index contributed by atoms with van der Waals surface area (Å²) in [6.07, 6.45) is 0. The molecule has 130 valence electrons. The number of carbonyl (C=O) groups excluding carboxylic acids is 3. The van der Waals surface area contributed by atoms with Crippen molar-refractivity contribution in [2.24, 2.45) is 0 Å². The van der Waals surface area contributed by atoms with E-state index in [2.05, 4.69) is 0 Å². The van der Waals surface area contributed by atoms with Crippen LogP contribution in [0.15, 0.2) is 59.8 Å².